The Morgan fingerprint density at radius 3 is 1.76 bits per heavy atom. The molecule has 10 nitrogen and oxygen atoms in total. The van der Waals surface area contributed by atoms with Crippen LogP contribution in [0, 0.1) is 0 Å². The van der Waals surface area contributed by atoms with Crippen LogP contribution in [-0.2, 0) is 55.8 Å². The summed E-state index contributed by atoms with van der Waals surface area (Å²) in [5.74, 6) is 0.267. The highest BCUT2D eigenvalue weighted by Crippen LogP contribution is 2.42. The van der Waals surface area contributed by atoms with Gasteiger partial charge in [-0.3, -0.25) is 4.57 Å². The van der Waals surface area contributed by atoms with Crippen LogP contribution < -0.4 is 5.73 Å². The number of nitrogen functional groups attached to an aromatic ring is 1. The van der Waals surface area contributed by atoms with Crippen LogP contribution in [0.25, 0.3) is 11.2 Å². The van der Waals surface area contributed by atoms with E-state index in [4.69, 9.17) is 29.4 Å². The van der Waals surface area contributed by atoms with E-state index in [0.29, 0.717) is 37.6 Å². The molecule has 4 atom stereocenters. The third kappa shape index (κ3) is 7.54. The van der Waals surface area contributed by atoms with E-state index in [0.717, 1.165) is 22.3 Å². The van der Waals surface area contributed by atoms with Crippen LogP contribution in [0.3, 0.4) is 0 Å². The molecule has 1 fully saturated rings. The van der Waals surface area contributed by atoms with Gasteiger partial charge in [0.25, 0.3) is 0 Å². The van der Waals surface area contributed by atoms with Gasteiger partial charge in [-0.25, -0.2) is 15.0 Å². The van der Waals surface area contributed by atoms with Gasteiger partial charge >= 0.3 is 0 Å². The molecule has 1 aliphatic heterocycles. The van der Waals surface area contributed by atoms with E-state index in [1.54, 1.807) is 6.33 Å². The zero-order chi connectivity index (χ0) is 33.3. The highest BCUT2D eigenvalue weighted by atomic mass is 16.6. The fourth-order valence-corrected chi connectivity index (χ4v) is 6.19. The monoisotopic (exact) mass is 657 g/mol. The number of imidazole rings is 1. The second-order valence-corrected chi connectivity index (χ2v) is 12.0. The number of rotatable bonds is 15. The van der Waals surface area contributed by atoms with Crippen LogP contribution in [0.4, 0.5) is 5.82 Å². The highest BCUT2D eigenvalue weighted by Gasteiger charge is 2.59. The lowest BCUT2D eigenvalue weighted by atomic mass is 10.0. The fraction of sp³-hybridized carbons (Fsp3) is 0.256. The van der Waals surface area contributed by atoms with Crippen LogP contribution in [0.1, 0.15) is 22.3 Å². The number of aromatic nitrogens is 4. The molecular weight excluding hydrogens is 618 g/mol. The summed E-state index contributed by atoms with van der Waals surface area (Å²) >= 11 is 0. The minimum absolute atomic E-state index is 0.0943. The van der Waals surface area contributed by atoms with E-state index in [2.05, 4.69) is 15.0 Å². The summed E-state index contributed by atoms with van der Waals surface area (Å²) in [5, 5.41) is 0. The number of nitrogens with two attached hydrogens (primary N) is 1. The maximum absolute atomic E-state index is 7.14. The molecule has 0 radical (unpaired) electrons. The predicted molar refractivity (Wildman–Crippen MR) is 185 cm³/mol. The number of nitrogens with zero attached hydrogens (tertiary/aromatic N) is 4. The van der Waals surface area contributed by atoms with Crippen molar-refractivity contribution in [3.63, 3.8) is 0 Å². The van der Waals surface area contributed by atoms with Crippen molar-refractivity contribution < 1.29 is 23.7 Å². The molecule has 4 aromatic carbocycles. The maximum Gasteiger partial charge on any atom is 0.200 e. The molecule has 0 bridgehead atoms. The lowest BCUT2D eigenvalue weighted by Crippen LogP contribution is -2.51. The summed E-state index contributed by atoms with van der Waals surface area (Å²) < 4.78 is 35.5. The SMILES string of the molecule is Nc1ncnc2c1ncn2[C@]1(COCc2ccccc2)O[C@H](COCc2ccccc2)[C@@H](OCc2ccccc2)[C@@H]1OCc1ccccc1. The summed E-state index contributed by atoms with van der Waals surface area (Å²) in [6, 6.07) is 40.2. The molecule has 10 heteroatoms. The van der Waals surface area contributed by atoms with Crippen molar-refractivity contribution in [1.82, 2.24) is 19.5 Å². The van der Waals surface area contributed by atoms with Crippen LogP contribution in [-0.4, -0.2) is 51.0 Å². The second kappa shape index (κ2) is 15.5. The van der Waals surface area contributed by atoms with Crippen molar-refractivity contribution in [3.05, 3.63) is 156 Å². The van der Waals surface area contributed by atoms with Gasteiger partial charge in [0.1, 0.15) is 30.2 Å². The van der Waals surface area contributed by atoms with Gasteiger partial charge in [-0.05, 0) is 22.3 Å². The van der Waals surface area contributed by atoms with E-state index < -0.39 is 24.0 Å². The first kappa shape index (κ1) is 32.6. The zero-order valence-electron chi connectivity index (χ0n) is 27.1. The van der Waals surface area contributed by atoms with Crippen molar-refractivity contribution in [3.8, 4) is 0 Å². The largest absolute Gasteiger partial charge is 0.382 e. The molecule has 0 saturated carbocycles. The van der Waals surface area contributed by atoms with Gasteiger partial charge in [0, 0.05) is 0 Å². The zero-order valence-corrected chi connectivity index (χ0v) is 27.1. The molecule has 2 aromatic heterocycles. The standard InChI is InChI=1S/C39H39N5O5/c40-37-34-38(42-27-41-37)44(28-43-34)39(26-46-22-30-15-7-2-8-16-30)36(48-24-32-19-11-4-12-20-32)35(47-23-31-17-9-3-10-18-31)33(49-39)25-45-21-29-13-5-1-6-14-29/h1-20,27-28,33,35-36H,21-26H2,(H2,40,41,42)/t33-,35-,36+,39-/m1/s1. The first-order valence-corrected chi connectivity index (χ1v) is 16.4. The lowest BCUT2D eigenvalue weighted by molar-refractivity contribution is -0.199. The molecule has 0 unspecified atom stereocenters. The van der Waals surface area contributed by atoms with E-state index in [1.165, 1.54) is 6.33 Å². The number of hydrogen-bond acceptors (Lipinski definition) is 9. The van der Waals surface area contributed by atoms with Crippen molar-refractivity contribution in [2.75, 3.05) is 18.9 Å². The fourth-order valence-electron chi connectivity index (χ4n) is 6.19. The van der Waals surface area contributed by atoms with E-state index in [-0.39, 0.29) is 19.0 Å². The lowest BCUT2D eigenvalue weighted by Gasteiger charge is -2.36. The van der Waals surface area contributed by atoms with Gasteiger partial charge in [-0.15, -0.1) is 0 Å². The van der Waals surface area contributed by atoms with Gasteiger partial charge in [0.2, 0.25) is 0 Å². The second-order valence-electron chi connectivity index (χ2n) is 12.0. The van der Waals surface area contributed by atoms with Crippen LogP contribution in [0.5, 0.6) is 0 Å². The van der Waals surface area contributed by atoms with Gasteiger partial charge < -0.3 is 29.4 Å². The molecule has 250 valence electrons. The van der Waals surface area contributed by atoms with E-state index in [9.17, 15) is 0 Å². The third-order valence-corrected chi connectivity index (χ3v) is 8.61. The summed E-state index contributed by atoms with van der Waals surface area (Å²) in [4.78, 5) is 13.4. The van der Waals surface area contributed by atoms with Crippen molar-refractivity contribution in [2.45, 2.75) is 50.5 Å². The van der Waals surface area contributed by atoms with Gasteiger partial charge in [-0.2, -0.15) is 0 Å². The Hall–Kier alpha value is -4.97. The first-order chi connectivity index (χ1) is 24.2. The van der Waals surface area contributed by atoms with Crippen LogP contribution in [0.15, 0.2) is 134 Å². The Morgan fingerprint density at radius 1 is 0.633 bits per heavy atom. The molecule has 6 aromatic rings. The van der Waals surface area contributed by atoms with Gasteiger partial charge in [0.15, 0.2) is 17.2 Å². The van der Waals surface area contributed by atoms with Crippen molar-refractivity contribution in [1.29, 1.82) is 0 Å². The molecule has 0 spiro atoms. The molecule has 49 heavy (non-hydrogen) atoms. The normalized spacial score (nSPS) is 20.5. The topological polar surface area (TPSA) is 116 Å². The minimum atomic E-state index is -1.28. The molecular formula is C39H39N5O5. The molecule has 3 heterocycles. The number of fused-ring (bicyclic) bond motifs is 1. The number of hydrogen-bond donors (Lipinski definition) is 1. The van der Waals surface area contributed by atoms with Crippen LogP contribution >= 0.6 is 0 Å². The van der Waals surface area contributed by atoms with Gasteiger partial charge in [-0.1, -0.05) is 121 Å². The first-order valence-electron chi connectivity index (χ1n) is 16.4. The van der Waals surface area contributed by atoms with Gasteiger partial charge in [0.05, 0.1) is 46.0 Å². The van der Waals surface area contributed by atoms with Crippen LogP contribution in [0.2, 0.25) is 0 Å². The Bertz CT molecular complexity index is 1900. The Labute approximate surface area is 285 Å². The Morgan fingerprint density at radius 2 is 1.16 bits per heavy atom. The number of benzene rings is 4. The maximum atomic E-state index is 7.14. The molecule has 1 aliphatic rings. The quantitative estimate of drug-likeness (QED) is 0.141. The van der Waals surface area contributed by atoms with Crippen molar-refractivity contribution >= 4 is 17.0 Å². The molecule has 0 aliphatic carbocycles. The highest BCUT2D eigenvalue weighted by molar-refractivity contribution is 5.81. The summed E-state index contributed by atoms with van der Waals surface area (Å²) in [6.45, 7) is 1.75. The molecule has 0 amide bonds. The summed E-state index contributed by atoms with van der Waals surface area (Å²) in [7, 11) is 0. The molecule has 1 saturated heterocycles. The summed E-state index contributed by atoms with van der Waals surface area (Å²) in [5.41, 5.74) is 10.1. The van der Waals surface area contributed by atoms with E-state index in [1.807, 2.05) is 126 Å². The smallest absolute Gasteiger partial charge is 0.200 e. The Balaban J connectivity index is 1.28. The average molecular weight is 658 g/mol. The molecule has 2 N–H and O–H groups in total. The molecule has 7 rings (SSSR count). The number of ether oxygens (including phenoxy) is 5. The van der Waals surface area contributed by atoms with Crippen molar-refractivity contribution in [2.24, 2.45) is 0 Å². The average Bonchev–Trinajstić information content (AvgIpc) is 3.72. The summed E-state index contributed by atoms with van der Waals surface area (Å²) in [6.07, 6.45) is 1.28. The Kier molecular flexibility index (Phi) is 10.3. The minimum Gasteiger partial charge on any atom is -0.382 e. The van der Waals surface area contributed by atoms with E-state index >= 15 is 0 Å². The number of anilines is 1. The third-order valence-electron chi connectivity index (χ3n) is 8.61. The predicted octanol–water partition coefficient (Wildman–Crippen LogP) is 6.06.